The van der Waals surface area contributed by atoms with E-state index in [2.05, 4.69) is 43.0 Å². The lowest BCUT2D eigenvalue weighted by Crippen LogP contribution is -2.20. The average molecular weight is 322 g/mol. The highest BCUT2D eigenvalue weighted by molar-refractivity contribution is 6.33. The Hall–Kier alpha value is -2.22. The maximum Gasteiger partial charge on any atom is 0.707 e. The van der Waals surface area contributed by atoms with Gasteiger partial charge in [-0.1, -0.05) is 44.2 Å². The molecular formula is C20H23BO3. The molecule has 0 unspecified atom stereocenters. The molecule has 0 aliphatic heterocycles. The minimum Gasteiger partial charge on any atom is -0.512 e. The van der Waals surface area contributed by atoms with Crippen LogP contribution in [0.4, 0.5) is 0 Å². The van der Waals surface area contributed by atoms with E-state index in [1.807, 2.05) is 13.0 Å². The van der Waals surface area contributed by atoms with Crippen LogP contribution in [0.25, 0.3) is 0 Å². The highest BCUT2D eigenvalue weighted by Crippen LogP contribution is 2.18. The van der Waals surface area contributed by atoms with Crippen LogP contribution in [-0.4, -0.2) is 17.4 Å². The van der Waals surface area contributed by atoms with Crippen molar-refractivity contribution in [3.63, 3.8) is 0 Å². The second kappa shape index (κ2) is 9.17. The molecule has 0 saturated heterocycles. The van der Waals surface area contributed by atoms with Gasteiger partial charge in [0.2, 0.25) is 0 Å². The van der Waals surface area contributed by atoms with Crippen molar-refractivity contribution in [3.8, 4) is 17.6 Å². The average Bonchev–Trinajstić information content (AvgIpc) is 2.59. The van der Waals surface area contributed by atoms with E-state index in [4.69, 9.17) is 14.7 Å². The molecule has 0 atom stereocenters. The molecule has 124 valence electrons. The molecule has 0 bridgehead atoms. The molecule has 2 aromatic rings. The Bertz CT molecular complexity index is 712. The number of hydrogen-bond donors (Lipinski definition) is 2. The number of rotatable bonds is 6. The zero-order chi connectivity index (χ0) is 17.4. The molecule has 0 saturated carbocycles. The lowest BCUT2D eigenvalue weighted by Gasteiger charge is -2.08. The lowest BCUT2D eigenvalue weighted by atomic mass is 10.0. The number of aryl methyl sites for hydroxylation is 2. The predicted molar refractivity (Wildman–Crippen MR) is 97.7 cm³/mol. The second-order valence-electron chi connectivity index (χ2n) is 5.67. The van der Waals surface area contributed by atoms with Crippen molar-refractivity contribution in [1.82, 2.24) is 0 Å². The van der Waals surface area contributed by atoms with Gasteiger partial charge in [0.15, 0.2) is 0 Å². The molecule has 0 spiro atoms. The summed E-state index contributed by atoms with van der Waals surface area (Å²) in [6.45, 7) is 4.23. The van der Waals surface area contributed by atoms with Gasteiger partial charge >= 0.3 is 7.32 Å². The third-order valence-corrected chi connectivity index (χ3v) is 3.81. The van der Waals surface area contributed by atoms with Gasteiger partial charge < -0.3 is 14.7 Å². The molecule has 2 aromatic carbocycles. The first-order valence-electron chi connectivity index (χ1n) is 8.39. The number of benzene rings is 2. The Kier molecular flexibility index (Phi) is 6.93. The molecule has 2 rings (SSSR count). The van der Waals surface area contributed by atoms with Gasteiger partial charge in [0, 0.05) is 11.1 Å². The number of unbranched alkanes of at least 4 members (excludes halogenated alkanes) is 1. The fourth-order valence-electron chi connectivity index (χ4n) is 2.45. The van der Waals surface area contributed by atoms with Gasteiger partial charge in [0.25, 0.3) is 0 Å². The minimum absolute atomic E-state index is 0.424. The summed E-state index contributed by atoms with van der Waals surface area (Å²) in [7, 11) is -1.81. The van der Waals surface area contributed by atoms with Gasteiger partial charge in [-0.05, 0) is 60.7 Å². The first kappa shape index (κ1) is 18.1. The molecule has 24 heavy (non-hydrogen) atoms. The Balaban J connectivity index is 2.14. The van der Waals surface area contributed by atoms with E-state index in [0.717, 1.165) is 29.5 Å². The van der Waals surface area contributed by atoms with Crippen LogP contribution in [0.2, 0.25) is 0 Å². The maximum absolute atomic E-state index is 8.87. The summed E-state index contributed by atoms with van der Waals surface area (Å²) in [6, 6.07) is 13.7. The highest BCUT2D eigenvalue weighted by Gasteiger charge is 2.11. The summed E-state index contributed by atoms with van der Waals surface area (Å²) >= 11 is 0. The van der Waals surface area contributed by atoms with Gasteiger partial charge in [0.1, 0.15) is 5.75 Å². The Morgan fingerprint density at radius 1 is 1.00 bits per heavy atom. The van der Waals surface area contributed by atoms with E-state index in [-0.39, 0.29) is 0 Å². The highest BCUT2D eigenvalue weighted by atomic mass is 16.6. The van der Waals surface area contributed by atoms with Crippen molar-refractivity contribution in [3.05, 3.63) is 64.7 Å². The molecule has 0 fully saturated rings. The Morgan fingerprint density at radius 2 is 1.75 bits per heavy atom. The Morgan fingerprint density at radius 3 is 2.38 bits per heavy atom. The van der Waals surface area contributed by atoms with Crippen molar-refractivity contribution >= 4 is 7.32 Å². The SMILES string of the molecule is CCCCc1ccc(C#Cc2ccc(OB(O)O)cc2CC)cc1. The zero-order valence-corrected chi connectivity index (χ0v) is 14.2. The van der Waals surface area contributed by atoms with Crippen molar-refractivity contribution in [1.29, 1.82) is 0 Å². The summed E-state index contributed by atoms with van der Waals surface area (Å²) < 4.78 is 4.88. The van der Waals surface area contributed by atoms with Crippen LogP contribution in [0, 0.1) is 11.8 Å². The summed E-state index contributed by atoms with van der Waals surface area (Å²) in [5.41, 5.74) is 4.27. The molecule has 4 heteroatoms. The second-order valence-corrected chi connectivity index (χ2v) is 5.67. The van der Waals surface area contributed by atoms with Crippen molar-refractivity contribution in [2.45, 2.75) is 39.5 Å². The van der Waals surface area contributed by atoms with Crippen LogP contribution < -0.4 is 4.65 Å². The first-order chi connectivity index (χ1) is 11.6. The van der Waals surface area contributed by atoms with Crippen LogP contribution in [0.5, 0.6) is 5.75 Å². The van der Waals surface area contributed by atoms with E-state index in [0.29, 0.717) is 5.75 Å². The smallest absolute Gasteiger partial charge is 0.512 e. The normalized spacial score (nSPS) is 10.0. The van der Waals surface area contributed by atoms with Gasteiger partial charge in [0.05, 0.1) is 0 Å². The quantitative estimate of drug-likeness (QED) is 0.633. The molecule has 0 aliphatic carbocycles. The molecule has 2 N–H and O–H groups in total. The van der Waals surface area contributed by atoms with Gasteiger partial charge in [-0.2, -0.15) is 0 Å². The Labute approximate surface area is 144 Å². The van der Waals surface area contributed by atoms with Crippen LogP contribution in [0.3, 0.4) is 0 Å². The summed E-state index contributed by atoms with van der Waals surface area (Å²) in [4.78, 5) is 0. The van der Waals surface area contributed by atoms with E-state index in [1.165, 1.54) is 18.4 Å². The van der Waals surface area contributed by atoms with Crippen LogP contribution in [-0.2, 0) is 12.8 Å². The van der Waals surface area contributed by atoms with Crippen molar-refractivity contribution in [2.75, 3.05) is 0 Å². The van der Waals surface area contributed by atoms with E-state index < -0.39 is 7.32 Å². The van der Waals surface area contributed by atoms with Gasteiger partial charge in [-0.15, -0.1) is 0 Å². The summed E-state index contributed by atoms with van der Waals surface area (Å²) in [5, 5.41) is 17.7. The third-order valence-electron chi connectivity index (χ3n) is 3.81. The van der Waals surface area contributed by atoms with Gasteiger partial charge in [-0.3, -0.25) is 0 Å². The topological polar surface area (TPSA) is 49.7 Å². The van der Waals surface area contributed by atoms with Crippen LogP contribution in [0.1, 0.15) is 48.9 Å². The number of hydrogen-bond acceptors (Lipinski definition) is 3. The van der Waals surface area contributed by atoms with Crippen LogP contribution >= 0.6 is 0 Å². The van der Waals surface area contributed by atoms with E-state index >= 15 is 0 Å². The third kappa shape index (κ3) is 5.45. The summed E-state index contributed by atoms with van der Waals surface area (Å²) in [6.07, 6.45) is 4.32. The van der Waals surface area contributed by atoms with Crippen LogP contribution in [0.15, 0.2) is 42.5 Å². The van der Waals surface area contributed by atoms with Crippen molar-refractivity contribution < 1.29 is 14.7 Å². The fourth-order valence-corrected chi connectivity index (χ4v) is 2.45. The molecule has 0 aromatic heterocycles. The monoisotopic (exact) mass is 322 g/mol. The summed E-state index contributed by atoms with van der Waals surface area (Å²) in [5.74, 6) is 6.81. The van der Waals surface area contributed by atoms with E-state index in [1.54, 1.807) is 12.1 Å². The molecule has 3 nitrogen and oxygen atoms in total. The lowest BCUT2D eigenvalue weighted by molar-refractivity contribution is 0.288. The molecule has 0 amide bonds. The molecular weight excluding hydrogens is 299 g/mol. The minimum atomic E-state index is -1.81. The maximum atomic E-state index is 8.87. The molecule has 0 radical (unpaired) electrons. The predicted octanol–water partition coefficient (Wildman–Crippen LogP) is 3.34. The zero-order valence-electron chi connectivity index (χ0n) is 14.2. The first-order valence-corrected chi connectivity index (χ1v) is 8.39. The molecule has 0 heterocycles. The largest absolute Gasteiger partial charge is 0.707 e. The molecule has 0 aliphatic rings. The fraction of sp³-hybridized carbons (Fsp3) is 0.300. The van der Waals surface area contributed by atoms with E-state index in [9.17, 15) is 0 Å². The van der Waals surface area contributed by atoms with Crippen molar-refractivity contribution in [2.24, 2.45) is 0 Å². The van der Waals surface area contributed by atoms with Gasteiger partial charge in [-0.25, -0.2) is 0 Å². The standard InChI is InChI=1S/C20H23BO3/c1-3-5-6-16-7-9-17(10-8-16)11-12-19-13-14-20(24-21(22)23)15-18(19)4-2/h7-10,13-15,22-23H,3-6H2,1-2H3.